The van der Waals surface area contributed by atoms with E-state index in [2.05, 4.69) is 55.9 Å². The predicted molar refractivity (Wildman–Crippen MR) is 80.2 cm³/mol. The fraction of sp³-hybridized carbons (Fsp3) is 0.929. The molecule has 1 N–H and O–H groups in total. The van der Waals surface area contributed by atoms with Gasteiger partial charge in [0.2, 0.25) is 0 Å². The van der Waals surface area contributed by atoms with Crippen LogP contribution in [0.4, 0.5) is 4.79 Å². The van der Waals surface area contributed by atoms with Gasteiger partial charge in [0.25, 0.3) is 0 Å². The Labute approximate surface area is 120 Å². The number of rotatable bonds is 3. The van der Waals surface area contributed by atoms with Crippen LogP contribution in [0.25, 0.3) is 0 Å². The first-order valence-electron chi connectivity index (χ1n) is 6.35. The molecule has 0 spiro atoms. The van der Waals surface area contributed by atoms with Crippen molar-refractivity contribution in [1.29, 1.82) is 0 Å². The minimum Gasteiger partial charge on any atom is -0.444 e. The summed E-state index contributed by atoms with van der Waals surface area (Å²) >= 11 is 3.52. The number of carbonyl (C=O) groups is 1. The Kier molecular flexibility index (Phi) is 5.73. The highest BCUT2D eigenvalue weighted by Crippen LogP contribution is 2.35. The van der Waals surface area contributed by atoms with Crippen molar-refractivity contribution in [2.75, 3.05) is 5.33 Å². The van der Waals surface area contributed by atoms with Crippen molar-refractivity contribution < 1.29 is 9.53 Å². The van der Waals surface area contributed by atoms with Crippen molar-refractivity contribution in [3.8, 4) is 0 Å². The molecule has 1 amide bonds. The van der Waals surface area contributed by atoms with Gasteiger partial charge in [-0.1, -0.05) is 50.5 Å². The van der Waals surface area contributed by atoms with E-state index in [4.69, 9.17) is 4.74 Å². The Morgan fingerprint density at radius 3 is 1.83 bits per heavy atom. The van der Waals surface area contributed by atoms with Gasteiger partial charge in [-0.3, -0.25) is 0 Å². The van der Waals surface area contributed by atoms with Gasteiger partial charge in [0.05, 0.1) is 0 Å². The van der Waals surface area contributed by atoms with E-state index in [1.54, 1.807) is 0 Å². The Balaban J connectivity index is 4.89. The normalized spacial score (nSPS) is 15.2. The lowest BCUT2D eigenvalue weighted by molar-refractivity contribution is 0.0377. The second-order valence-electron chi connectivity index (χ2n) is 7.57. The van der Waals surface area contributed by atoms with E-state index in [9.17, 15) is 4.79 Å². The van der Waals surface area contributed by atoms with E-state index in [0.717, 1.165) is 5.33 Å². The monoisotopic (exact) mass is 321 g/mol. The summed E-state index contributed by atoms with van der Waals surface area (Å²) in [4.78, 5) is 11.9. The number of ether oxygens (including phenoxy) is 1. The van der Waals surface area contributed by atoms with Crippen LogP contribution in [0.15, 0.2) is 0 Å². The number of hydrogen-bond acceptors (Lipinski definition) is 2. The molecule has 0 saturated heterocycles. The zero-order valence-electron chi connectivity index (χ0n) is 13.0. The number of amides is 1. The fourth-order valence-electron chi connectivity index (χ4n) is 2.09. The predicted octanol–water partition coefficient (Wildman–Crippen LogP) is 4.35. The third kappa shape index (κ3) is 6.07. The summed E-state index contributed by atoms with van der Waals surface area (Å²) < 4.78 is 5.34. The summed E-state index contributed by atoms with van der Waals surface area (Å²) in [6, 6.07) is 0.0271. The van der Waals surface area contributed by atoms with E-state index >= 15 is 0 Å². The number of alkyl halides is 1. The molecule has 0 saturated carbocycles. The van der Waals surface area contributed by atoms with Gasteiger partial charge in [-0.05, 0) is 31.6 Å². The highest BCUT2D eigenvalue weighted by molar-refractivity contribution is 9.09. The summed E-state index contributed by atoms with van der Waals surface area (Å²) in [5.74, 6) is 0. The van der Waals surface area contributed by atoms with Crippen molar-refractivity contribution in [3.63, 3.8) is 0 Å². The second-order valence-corrected chi connectivity index (χ2v) is 8.13. The van der Waals surface area contributed by atoms with Crippen LogP contribution in [0.3, 0.4) is 0 Å². The lowest BCUT2D eigenvalue weighted by atomic mass is 9.72. The standard InChI is InChI=1S/C14H28BrNO2/c1-12(2,3)10(14(7,8)9-15)16-11(17)18-13(4,5)6/h10H,9H2,1-8H3,(H,16,17). The molecule has 0 aliphatic heterocycles. The van der Waals surface area contributed by atoms with Crippen LogP contribution in [0.1, 0.15) is 55.4 Å². The minimum absolute atomic E-state index is 0.0271. The van der Waals surface area contributed by atoms with Gasteiger partial charge in [-0.2, -0.15) is 0 Å². The molecule has 4 heteroatoms. The maximum Gasteiger partial charge on any atom is 0.407 e. The molecule has 0 aromatic heterocycles. The zero-order chi connectivity index (χ0) is 14.8. The van der Waals surface area contributed by atoms with Gasteiger partial charge >= 0.3 is 6.09 Å². The third-order valence-corrected chi connectivity index (χ3v) is 4.10. The molecular weight excluding hydrogens is 294 g/mol. The number of alkyl carbamates (subject to hydrolysis) is 1. The molecule has 0 heterocycles. The molecular formula is C14H28BrNO2. The molecule has 18 heavy (non-hydrogen) atoms. The average Bonchev–Trinajstić information content (AvgIpc) is 2.09. The first-order valence-corrected chi connectivity index (χ1v) is 7.47. The number of hydrogen-bond donors (Lipinski definition) is 1. The maximum absolute atomic E-state index is 11.9. The van der Waals surface area contributed by atoms with Crippen LogP contribution in [0, 0.1) is 10.8 Å². The Morgan fingerprint density at radius 2 is 1.56 bits per heavy atom. The van der Waals surface area contributed by atoms with E-state index in [-0.39, 0.29) is 23.0 Å². The van der Waals surface area contributed by atoms with Gasteiger partial charge in [-0.15, -0.1) is 0 Å². The van der Waals surface area contributed by atoms with Crippen LogP contribution in [-0.2, 0) is 4.74 Å². The van der Waals surface area contributed by atoms with Crippen molar-refractivity contribution in [2.45, 2.75) is 67.0 Å². The molecule has 0 aromatic rings. The average molecular weight is 322 g/mol. The van der Waals surface area contributed by atoms with Crippen molar-refractivity contribution >= 4 is 22.0 Å². The van der Waals surface area contributed by atoms with E-state index < -0.39 is 5.60 Å². The number of halogens is 1. The Morgan fingerprint density at radius 1 is 1.11 bits per heavy atom. The van der Waals surface area contributed by atoms with E-state index in [0.29, 0.717) is 0 Å². The number of nitrogens with one attached hydrogen (secondary N) is 1. The lowest BCUT2D eigenvalue weighted by Gasteiger charge is -2.42. The summed E-state index contributed by atoms with van der Waals surface area (Å²) in [5, 5.41) is 3.83. The molecule has 1 unspecified atom stereocenters. The maximum atomic E-state index is 11.9. The van der Waals surface area contributed by atoms with Crippen LogP contribution in [0.2, 0.25) is 0 Å². The lowest BCUT2D eigenvalue weighted by Crippen LogP contribution is -2.54. The van der Waals surface area contributed by atoms with E-state index in [1.165, 1.54) is 0 Å². The van der Waals surface area contributed by atoms with Gasteiger partial charge < -0.3 is 10.1 Å². The first-order chi connectivity index (χ1) is 7.79. The molecule has 1 atom stereocenters. The van der Waals surface area contributed by atoms with Gasteiger partial charge in [0, 0.05) is 11.4 Å². The van der Waals surface area contributed by atoms with Gasteiger partial charge in [0.1, 0.15) is 5.60 Å². The molecule has 0 radical (unpaired) electrons. The van der Waals surface area contributed by atoms with Crippen molar-refractivity contribution in [1.82, 2.24) is 5.32 Å². The zero-order valence-corrected chi connectivity index (χ0v) is 14.6. The Bertz CT molecular complexity index is 287. The highest BCUT2D eigenvalue weighted by Gasteiger charge is 2.39. The van der Waals surface area contributed by atoms with Crippen LogP contribution in [0.5, 0.6) is 0 Å². The van der Waals surface area contributed by atoms with Crippen LogP contribution < -0.4 is 5.32 Å². The molecule has 0 aliphatic rings. The minimum atomic E-state index is -0.467. The second kappa shape index (κ2) is 5.81. The molecule has 3 nitrogen and oxygen atoms in total. The highest BCUT2D eigenvalue weighted by atomic mass is 79.9. The van der Waals surface area contributed by atoms with Gasteiger partial charge in [-0.25, -0.2) is 4.79 Å². The molecule has 108 valence electrons. The largest absolute Gasteiger partial charge is 0.444 e. The quantitative estimate of drug-likeness (QED) is 0.785. The van der Waals surface area contributed by atoms with Crippen LogP contribution in [-0.4, -0.2) is 23.1 Å². The van der Waals surface area contributed by atoms with Gasteiger partial charge in [0.15, 0.2) is 0 Å². The summed E-state index contributed by atoms with van der Waals surface area (Å²) in [6.07, 6.45) is -0.351. The number of carbonyl (C=O) groups excluding carboxylic acids is 1. The first kappa shape index (κ1) is 17.8. The molecule has 0 aromatic carbocycles. The SMILES string of the molecule is CC(C)(C)OC(=O)NC(C(C)(C)C)C(C)(C)CBr. The molecule has 0 aliphatic carbocycles. The smallest absolute Gasteiger partial charge is 0.407 e. The summed E-state index contributed by atoms with van der Waals surface area (Å²) in [7, 11) is 0. The summed E-state index contributed by atoms with van der Waals surface area (Å²) in [6.45, 7) is 16.2. The molecule has 0 bridgehead atoms. The summed E-state index contributed by atoms with van der Waals surface area (Å²) in [5.41, 5.74) is -0.547. The van der Waals surface area contributed by atoms with Crippen molar-refractivity contribution in [2.24, 2.45) is 10.8 Å². The fourth-order valence-corrected chi connectivity index (χ4v) is 2.41. The van der Waals surface area contributed by atoms with E-state index in [1.807, 2.05) is 20.8 Å². The Hall–Kier alpha value is -0.250. The van der Waals surface area contributed by atoms with Crippen molar-refractivity contribution in [3.05, 3.63) is 0 Å². The molecule has 0 rings (SSSR count). The molecule has 0 fully saturated rings. The third-order valence-electron chi connectivity index (χ3n) is 2.65. The van der Waals surface area contributed by atoms with Crippen LogP contribution >= 0.6 is 15.9 Å². The topological polar surface area (TPSA) is 38.3 Å².